The van der Waals surface area contributed by atoms with Gasteiger partial charge in [-0.05, 0) is 43.4 Å². The van der Waals surface area contributed by atoms with E-state index in [2.05, 4.69) is 10.3 Å². The highest BCUT2D eigenvalue weighted by Gasteiger charge is 2.32. The van der Waals surface area contributed by atoms with Crippen molar-refractivity contribution in [2.45, 2.75) is 31.5 Å². The molecule has 1 saturated heterocycles. The third kappa shape index (κ3) is 6.02. The minimum Gasteiger partial charge on any atom is -0.467 e. The maximum absolute atomic E-state index is 12.6. The van der Waals surface area contributed by atoms with E-state index in [1.807, 2.05) is 11.2 Å². The number of hydrogen-bond acceptors (Lipinski definition) is 6. The van der Waals surface area contributed by atoms with E-state index in [1.54, 1.807) is 11.8 Å². The van der Waals surface area contributed by atoms with E-state index in [9.17, 15) is 22.8 Å². The van der Waals surface area contributed by atoms with Crippen LogP contribution in [0, 0.1) is 5.92 Å². The maximum Gasteiger partial charge on any atom is 0.417 e. The molecular formula is C18H24F3N3O3S. The normalized spacial score (nSPS) is 16.5. The molecule has 1 aliphatic heterocycles. The molecule has 0 unspecified atom stereocenters. The van der Waals surface area contributed by atoms with Crippen LogP contribution in [0.1, 0.15) is 24.8 Å². The van der Waals surface area contributed by atoms with Crippen LogP contribution in [0.15, 0.2) is 18.3 Å². The van der Waals surface area contributed by atoms with Crippen molar-refractivity contribution >= 4 is 29.5 Å². The average molecular weight is 419 g/mol. The number of halogens is 3. The maximum atomic E-state index is 12.6. The van der Waals surface area contributed by atoms with Gasteiger partial charge in [0.15, 0.2) is 0 Å². The summed E-state index contributed by atoms with van der Waals surface area (Å²) in [7, 11) is 1.29. The number of anilines is 1. The summed E-state index contributed by atoms with van der Waals surface area (Å²) in [5.74, 6) is 0.259. The third-order valence-corrected chi connectivity index (χ3v) is 5.32. The van der Waals surface area contributed by atoms with Gasteiger partial charge in [-0.1, -0.05) is 0 Å². The van der Waals surface area contributed by atoms with Gasteiger partial charge in [-0.3, -0.25) is 4.79 Å². The molecule has 6 nitrogen and oxygen atoms in total. The number of nitrogens with one attached hydrogen (secondary N) is 1. The van der Waals surface area contributed by atoms with Gasteiger partial charge in [-0.25, -0.2) is 9.78 Å². The van der Waals surface area contributed by atoms with Crippen molar-refractivity contribution < 1.29 is 27.5 Å². The number of aromatic nitrogens is 1. The average Bonchev–Trinajstić information content (AvgIpc) is 2.70. The Kier molecular flexibility index (Phi) is 7.97. The van der Waals surface area contributed by atoms with Crippen LogP contribution in [0.4, 0.5) is 19.0 Å². The predicted molar refractivity (Wildman–Crippen MR) is 101 cm³/mol. The number of esters is 1. The number of alkyl halides is 3. The highest BCUT2D eigenvalue weighted by atomic mass is 32.2. The molecule has 2 rings (SSSR count). The predicted octanol–water partition coefficient (Wildman–Crippen LogP) is 2.73. The van der Waals surface area contributed by atoms with Gasteiger partial charge in [0.2, 0.25) is 5.91 Å². The minimum atomic E-state index is -4.41. The molecule has 1 aromatic heterocycles. The summed E-state index contributed by atoms with van der Waals surface area (Å²) in [6.45, 7) is 1.01. The topological polar surface area (TPSA) is 71.5 Å². The lowest BCUT2D eigenvalue weighted by Gasteiger charge is -2.32. The lowest BCUT2D eigenvalue weighted by Crippen LogP contribution is -2.47. The molecule has 1 aromatic rings. The van der Waals surface area contributed by atoms with Crippen LogP contribution in [-0.4, -0.2) is 55.1 Å². The summed E-state index contributed by atoms with van der Waals surface area (Å²) >= 11 is 1.58. The van der Waals surface area contributed by atoms with Gasteiger partial charge in [-0.2, -0.15) is 24.9 Å². The molecular weight excluding hydrogens is 395 g/mol. The summed E-state index contributed by atoms with van der Waals surface area (Å²) in [6, 6.07) is 1.69. The molecule has 0 bridgehead atoms. The second-order valence-corrected chi connectivity index (χ2v) is 7.52. The molecule has 0 aromatic carbocycles. The van der Waals surface area contributed by atoms with E-state index in [4.69, 9.17) is 4.74 Å². The van der Waals surface area contributed by atoms with Gasteiger partial charge in [0.25, 0.3) is 0 Å². The van der Waals surface area contributed by atoms with Crippen molar-refractivity contribution in [2.75, 3.05) is 37.1 Å². The lowest BCUT2D eigenvalue weighted by atomic mass is 9.95. The zero-order valence-electron chi connectivity index (χ0n) is 15.8. The first-order chi connectivity index (χ1) is 13.3. The van der Waals surface area contributed by atoms with Crippen LogP contribution in [0.25, 0.3) is 0 Å². The smallest absolute Gasteiger partial charge is 0.417 e. The number of ether oxygens (including phenoxy) is 1. The number of pyridine rings is 1. The Bertz CT molecular complexity index is 662. The Morgan fingerprint density at radius 3 is 2.54 bits per heavy atom. The quantitative estimate of drug-likeness (QED) is 0.686. The summed E-state index contributed by atoms with van der Waals surface area (Å²) < 4.78 is 42.6. The lowest BCUT2D eigenvalue weighted by molar-refractivity contribution is -0.145. The van der Waals surface area contributed by atoms with Crippen LogP contribution in [0.3, 0.4) is 0 Å². The number of thioether (sulfide) groups is 1. The molecule has 1 fully saturated rings. The van der Waals surface area contributed by atoms with E-state index in [0.29, 0.717) is 38.2 Å². The van der Waals surface area contributed by atoms with Crippen LogP contribution in [0.5, 0.6) is 0 Å². The first kappa shape index (κ1) is 22.3. The fourth-order valence-electron chi connectivity index (χ4n) is 3.03. The monoisotopic (exact) mass is 419 g/mol. The highest BCUT2D eigenvalue weighted by molar-refractivity contribution is 7.98. The molecule has 1 atom stereocenters. The molecule has 1 amide bonds. The fourth-order valence-corrected chi connectivity index (χ4v) is 3.50. The Hall–Kier alpha value is -1.97. The number of amides is 1. The molecule has 0 saturated carbocycles. The number of piperidine rings is 1. The summed E-state index contributed by atoms with van der Waals surface area (Å²) in [4.78, 5) is 30.1. The summed E-state index contributed by atoms with van der Waals surface area (Å²) in [6.07, 6.45) is -0.116. The van der Waals surface area contributed by atoms with Crippen LogP contribution in [-0.2, 0) is 20.5 Å². The molecule has 28 heavy (non-hydrogen) atoms. The molecule has 0 spiro atoms. The fraction of sp³-hybridized carbons (Fsp3) is 0.611. The highest BCUT2D eigenvalue weighted by Crippen LogP contribution is 2.30. The number of hydrogen-bond donors (Lipinski definition) is 1. The van der Waals surface area contributed by atoms with E-state index in [0.717, 1.165) is 18.0 Å². The summed E-state index contributed by atoms with van der Waals surface area (Å²) in [5, 5.41) is 2.76. The van der Waals surface area contributed by atoms with Crippen LogP contribution >= 0.6 is 11.8 Å². The van der Waals surface area contributed by atoms with Crippen LogP contribution < -0.4 is 10.2 Å². The number of carbonyl (C=O) groups is 2. The Morgan fingerprint density at radius 1 is 1.36 bits per heavy atom. The van der Waals surface area contributed by atoms with Crippen molar-refractivity contribution in [2.24, 2.45) is 5.92 Å². The van der Waals surface area contributed by atoms with Crippen molar-refractivity contribution in [3.63, 3.8) is 0 Å². The molecule has 1 N–H and O–H groups in total. The van der Waals surface area contributed by atoms with Gasteiger partial charge in [0.1, 0.15) is 11.9 Å². The Labute approximate surface area is 166 Å². The number of methoxy groups -OCH3 is 1. The third-order valence-electron chi connectivity index (χ3n) is 4.68. The van der Waals surface area contributed by atoms with Crippen molar-refractivity contribution in [1.29, 1.82) is 0 Å². The van der Waals surface area contributed by atoms with Gasteiger partial charge >= 0.3 is 12.1 Å². The van der Waals surface area contributed by atoms with E-state index in [1.165, 1.54) is 13.2 Å². The minimum absolute atomic E-state index is 0.198. The molecule has 0 aliphatic carbocycles. The van der Waals surface area contributed by atoms with Gasteiger partial charge < -0.3 is 15.0 Å². The van der Waals surface area contributed by atoms with Gasteiger partial charge in [-0.15, -0.1) is 0 Å². The second-order valence-electron chi connectivity index (χ2n) is 6.53. The Balaban J connectivity index is 1.90. The molecule has 2 heterocycles. The zero-order chi connectivity index (χ0) is 20.7. The molecule has 156 valence electrons. The largest absolute Gasteiger partial charge is 0.467 e. The molecule has 1 aliphatic rings. The van der Waals surface area contributed by atoms with Crippen molar-refractivity contribution in [3.8, 4) is 0 Å². The standard InChI is InChI=1S/C18H24F3N3O3S/c1-27-17(26)14(7-10-28-2)23-16(25)12-5-8-24(9-6-12)15-4-3-13(11-22-15)18(19,20)21/h3-4,11-12,14H,5-10H2,1-2H3,(H,23,25)/t14-/m0/s1. The SMILES string of the molecule is COC(=O)[C@H](CCSC)NC(=O)C1CCN(c2ccc(C(F)(F)F)cn2)CC1. The number of nitrogens with zero attached hydrogens (tertiary/aromatic N) is 2. The molecule has 10 heteroatoms. The molecule has 0 radical (unpaired) electrons. The van der Waals surface area contributed by atoms with Gasteiger partial charge in [0.05, 0.1) is 12.7 Å². The number of rotatable bonds is 7. The van der Waals surface area contributed by atoms with Gasteiger partial charge in [0, 0.05) is 25.2 Å². The van der Waals surface area contributed by atoms with Crippen molar-refractivity contribution in [3.05, 3.63) is 23.9 Å². The second kappa shape index (κ2) is 9.99. The van der Waals surface area contributed by atoms with E-state index < -0.39 is 23.8 Å². The summed E-state index contributed by atoms with van der Waals surface area (Å²) in [5.41, 5.74) is -0.787. The Morgan fingerprint density at radius 2 is 2.04 bits per heavy atom. The first-order valence-electron chi connectivity index (χ1n) is 8.91. The van der Waals surface area contributed by atoms with Crippen LogP contribution in [0.2, 0.25) is 0 Å². The van der Waals surface area contributed by atoms with E-state index >= 15 is 0 Å². The van der Waals surface area contributed by atoms with E-state index in [-0.39, 0.29) is 11.8 Å². The van der Waals surface area contributed by atoms with Crippen molar-refractivity contribution in [1.82, 2.24) is 10.3 Å². The zero-order valence-corrected chi connectivity index (χ0v) is 16.6. The first-order valence-corrected chi connectivity index (χ1v) is 10.3. The number of carbonyl (C=O) groups excluding carboxylic acids is 2.